The zero-order chi connectivity index (χ0) is 15.9. The SMILES string of the molecule is CCc1ncnc(-c2c(F)cc(Cl)c3c2NC(=O)CO3)c1Cl. The second-order valence-electron chi connectivity index (χ2n) is 4.59. The fourth-order valence-corrected chi connectivity index (χ4v) is 2.80. The van der Waals surface area contributed by atoms with E-state index >= 15 is 0 Å². The number of benzene rings is 1. The first-order valence-electron chi connectivity index (χ1n) is 6.47. The van der Waals surface area contributed by atoms with Gasteiger partial charge >= 0.3 is 0 Å². The van der Waals surface area contributed by atoms with Gasteiger partial charge in [-0.05, 0) is 12.5 Å². The highest BCUT2D eigenvalue weighted by Crippen LogP contribution is 2.45. The molecule has 1 aliphatic heterocycles. The molecule has 1 N–H and O–H groups in total. The number of anilines is 1. The normalized spacial score (nSPS) is 13.4. The molecule has 2 aromatic rings. The van der Waals surface area contributed by atoms with Gasteiger partial charge in [0.1, 0.15) is 12.1 Å². The lowest BCUT2D eigenvalue weighted by atomic mass is 10.1. The van der Waals surface area contributed by atoms with Gasteiger partial charge in [-0.15, -0.1) is 0 Å². The van der Waals surface area contributed by atoms with Crippen LogP contribution in [-0.4, -0.2) is 22.5 Å². The number of nitrogens with one attached hydrogen (secondary N) is 1. The van der Waals surface area contributed by atoms with E-state index < -0.39 is 11.7 Å². The van der Waals surface area contributed by atoms with Crippen LogP contribution in [0, 0.1) is 5.82 Å². The molecule has 0 fully saturated rings. The Balaban J connectivity index is 2.30. The van der Waals surface area contributed by atoms with E-state index in [0.29, 0.717) is 12.1 Å². The molecule has 2 heterocycles. The summed E-state index contributed by atoms with van der Waals surface area (Å²) in [5.41, 5.74) is 0.931. The average molecular weight is 342 g/mol. The van der Waals surface area contributed by atoms with Crippen LogP contribution in [-0.2, 0) is 11.2 Å². The molecule has 0 aliphatic carbocycles. The number of carbonyl (C=O) groups is 1. The fourth-order valence-electron chi connectivity index (χ4n) is 2.23. The van der Waals surface area contributed by atoms with Crippen LogP contribution in [0.25, 0.3) is 11.3 Å². The maximum atomic E-state index is 14.5. The van der Waals surface area contributed by atoms with Crippen LogP contribution < -0.4 is 10.1 Å². The molecule has 0 saturated carbocycles. The molecule has 0 saturated heterocycles. The number of carbonyl (C=O) groups excluding carboxylic acids is 1. The smallest absolute Gasteiger partial charge is 0.262 e. The van der Waals surface area contributed by atoms with Crippen molar-refractivity contribution in [3.63, 3.8) is 0 Å². The van der Waals surface area contributed by atoms with E-state index in [1.54, 1.807) is 0 Å². The van der Waals surface area contributed by atoms with Crippen LogP contribution in [0.3, 0.4) is 0 Å². The number of ether oxygens (including phenoxy) is 1. The third-order valence-electron chi connectivity index (χ3n) is 3.23. The van der Waals surface area contributed by atoms with Gasteiger partial charge in [-0.25, -0.2) is 14.4 Å². The summed E-state index contributed by atoms with van der Waals surface area (Å²) in [5, 5.41) is 2.86. The highest BCUT2D eigenvalue weighted by molar-refractivity contribution is 6.35. The van der Waals surface area contributed by atoms with E-state index in [2.05, 4.69) is 15.3 Å². The number of hydrogen-bond donors (Lipinski definition) is 1. The first-order valence-corrected chi connectivity index (χ1v) is 7.22. The summed E-state index contributed by atoms with van der Waals surface area (Å²) in [5.74, 6) is -0.862. The minimum Gasteiger partial charge on any atom is -0.480 e. The van der Waals surface area contributed by atoms with Crippen LogP contribution in [0.15, 0.2) is 12.4 Å². The molecule has 8 heteroatoms. The molecular formula is C14H10Cl2FN3O2. The molecule has 114 valence electrons. The highest BCUT2D eigenvalue weighted by Gasteiger charge is 2.28. The molecular weight excluding hydrogens is 332 g/mol. The maximum Gasteiger partial charge on any atom is 0.262 e. The van der Waals surface area contributed by atoms with Gasteiger partial charge in [0.05, 0.1) is 32.7 Å². The number of aryl methyl sites for hydroxylation is 1. The van der Waals surface area contributed by atoms with E-state index in [4.69, 9.17) is 27.9 Å². The van der Waals surface area contributed by atoms with Gasteiger partial charge in [0.2, 0.25) is 0 Å². The van der Waals surface area contributed by atoms with Gasteiger partial charge in [-0.1, -0.05) is 30.1 Å². The molecule has 0 bridgehead atoms. The molecule has 1 aliphatic rings. The van der Waals surface area contributed by atoms with Gasteiger partial charge < -0.3 is 10.1 Å². The Morgan fingerprint density at radius 3 is 2.91 bits per heavy atom. The second-order valence-corrected chi connectivity index (χ2v) is 5.38. The predicted octanol–water partition coefficient (Wildman–Crippen LogP) is 3.48. The summed E-state index contributed by atoms with van der Waals surface area (Å²) in [6, 6.07) is 1.11. The van der Waals surface area contributed by atoms with Crippen LogP contribution in [0.1, 0.15) is 12.6 Å². The lowest BCUT2D eigenvalue weighted by molar-refractivity contribution is -0.118. The lowest BCUT2D eigenvalue weighted by Crippen LogP contribution is -2.26. The summed E-state index contributed by atoms with van der Waals surface area (Å²) >= 11 is 12.2. The highest BCUT2D eigenvalue weighted by atomic mass is 35.5. The summed E-state index contributed by atoms with van der Waals surface area (Å²) in [4.78, 5) is 19.7. The van der Waals surface area contributed by atoms with Crippen LogP contribution >= 0.6 is 23.2 Å². The summed E-state index contributed by atoms with van der Waals surface area (Å²) < 4.78 is 19.7. The zero-order valence-corrected chi connectivity index (χ0v) is 12.9. The van der Waals surface area contributed by atoms with Crippen molar-refractivity contribution in [2.45, 2.75) is 13.3 Å². The second kappa shape index (κ2) is 5.70. The minimum absolute atomic E-state index is 0.0366. The Kier molecular flexibility index (Phi) is 3.88. The van der Waals surface area contributed by atoms with E-state index in [1.165, 1.54) is 6.33 Å². The first-order chi connectivity index (χ1) is 10.5. The van der Waals surface area contributed by atoms with Gasteiger partial charge in [-0.2, -0.15) is 0 Å². The number of fused-ring (bicyclic) bond motifs is 1. The van der Waals surface area contributed by atoms with E-state index in [1.807, 2.05) is 6.92 Å². The van der Waals surface area contributed by atoms with Crippen LogP contribution in [0.5, 0.6) is 5.75 Å². The monoisotopic (exact) mass is 341 g/mol. The standard InChI is InChI=1S/C14H10Cl2FN3O2/c1-2-8-11(16)12(19-5-18-8)10-7(17)3-6(15)14-13(10)20-9(21)4-22-14/h3,5H,2,4H2,1H3,(H,20,21). The van der Waals surface area contributed by atoms with Crippen molar-refractivity contribution in [1.82, 2.24) is 9.97 Å². The van der Waals surface area contributed by atoms with Crippen molar-refractivity contribution >= 4 is 34.8 Å². The fraction of sp³-hybridized carbons (Fsp3) is 0.214. The molecule has 5 nitrogen and oxygen atoms in total. The molecule has 0 spiro atoms. The van der Waals surface area contributed by atoms with Gasteiger partial charge in [-0.3, -0.25) is 4.79 Å². The van der Waals surface area contributed by atoms with Crippen molar-refractivity contribution in [2.24, 2.45) is 0 Å². The van der Waals surface area contributed by atoms with Crippen molar-refractivity contribution in [3.8, 4) is 17.0 Å². The van der Waals surface area contributed by atoms with Crippen LogP contribution in [0.4, 0.5) is 10.1 Å². The number of amides is 1. The Labute approximate surface area is 135 Å². The topological polar surface area (TPSA) is 64.1 Å². The quantitative estimate of drug-likeness (QED) is 0.908. The summed E-state index contributed by atoms with van der Waals surface area (Å²) in [7, 11) is 0. The van der Waals surface area contributed by atoms with E-state index in [9.17, 15) is 9.18 Å². The number of hydrogen-bond acceptors (Lipinski definition) is 4. The number of nitrogens with zero attached hydrogens (tertiary/aromatic N) is 2. The van der Waals surface area contributed by atoms with Crippen molar-refractivity contribution in [3.05, 3.63) is 34.0 Å². The third kappa shape index (κ3) is 2.38. The molecule has 22 heavy (non-hydrogen) atoms. The van der Waals surface area contributed by atoms with Gasteiger partial charge in [0.25, 0.3) is 5.91 Å². The Morgan fingerprint density at radius 2 is 2.18 bits per heavy atom. The summed E-state index contributed by atoms with van der Waals surface area (Å²) in [6.07, 6.45) is 1.86. The first kappa shape index (κ1) is 15.0. The zero-order valence-electron chi connectivity index (χ0n) is 11.4. The van der Waals surface area contributed by atoms with Crippen molar-refractivity contribution < 1.29 is 13.9 Å². The third-order valence-corrected chi connectivity index (χ3v) is 3.91. The number of halogens is 3. The largest absolute Gasteiger partial charge is 0.480 e. The Hall–Kier alpha value is -1.92. The Morgan fingerprint density at radius 1 is 1.41 bits per heavy atom. The lowest BCUT2D eigenvalue weighted by Gasteiger charge is -2.22. The Bertz CT molecular complexity index is 783. The maximum absolute atomic E-state index is 14.5. The molecule has 1 aromatic carbocycles. The van der Waals surface area contributed by atoms with Gasteiger partial charge in [0.15, 0.2) is 12.4 Å². The van der Waals surface area contributed by atoms with Crippen LogP contribution in [0.2, 0.25) is 10.0 Å². The summed E-state index contributed by atoms with van der Waals surface area (Å²) in [6.45, 7) is 1.69. The molecule has 3 rings (SSSR count). The molecule has 0 radical (unpaired) electrons. The molecule has 1 aromatic heterocycles. The average Bonchev–Trinajstić information content (AvgIpc) is 2.48. The van der Waals surface area contributed by atoms with Crippen molar-refractivity contribution in [1.29, 1.82) is 0 Å². The number of aromatic nitrogens is 2. The van der Waals surface area contributed by atoms with Gasteiger partial charge in [0, 0.05) is 0 Å². The predicted molar refractivity (Wildman–Crippen MR) is 80.9 cm³/mol. The molecule has 0 unspecified atom stereocenters. The van der Waals surface area contributed by atoms with Crippen molar-refractivity contribution in [2.75, 3.05) is 11.9 Å². The van der Waals surface area contributed by atoms with E-state index in [-0.39, 0.29) is 39.3 Å². The minimum atomic E-state index is -0.655. The molecule has 0 atom stereocenters. The molecule has 1 amide bonds. The van der Waals surface area contributed by atoms with E-state index in [0.717, 1.165) is 6.07 Å². The number of rotatable bonds is 2.